The fourth-order valence-electron chi connectivity index (χ4n) is 2.75. The predicted octanol–water partition coefficient (Wildman–Crippen LogP) is 4.04. The maximum atomic E-state index is 10.2. The number of nitrogens with zero attached hydrogens (tertiary/aromatic N) is 6. The molecule has 3 N–H and O–H groups in total. The van der Waals surface area contributed by atoms with Crippen LogP contribution < -0.4 is 10.1 Å². The Labute approximate surface area is 198 Å². The number of aromatic nitrogens is 6. The molecule has 0 aliphatic rings. The second-order valence-electron chi connectivity index (χ2n) is 7.51. The number of hydrogen-bond acceptors (Lipinski definition) is 11. The second-order valence-corrected chi connectivity index (χ2v) is 9.36. The SMILES string of the molecule is CCn1nccc1Oc1cc(Sc2ccccn2)cnc1Nc1nc(C(O)C(C)(C)O)ns1. The first kappa shape index (κ1) is 23.1. The molecule has 0 saturated heterocycles. The molecule has 1 unspecified atom stereocenters. The molecule has 0 aliphatic carbocycles. The van der Waals surface area contributed by atoms with E-state index in [0.717, 1.165) is 21.5 Å². The number of aliphatic hydroxyl groups excluding tert-OH is 1. The van der Waals surface area contributed by atoms with Gasteiger partial charge in [-0.15, -0.1) is 0 Å². The first-order valence-corrected chi connectivity index (χ1v) is 11.7. The van der Waals surface area contributed by atoms with E-state index in [1.165, 1.54) is 25.6 Å². The highest BCUT2D eigenvalue weighted by Gasteiger charge is 2.30. The van der Waals surface area contributed by atoms with Crippen molar-refractivity contribution in [2.45, 2.75) is 48.9 Å². The summed E-state index contributed by atoms with van der Waals surface area (Å²) in [4.78, 5) is 14.0. The van der Waals surface area contributed by atoms with Gasteiger partial charge in [-0.05, 0) is 32.9 Å². The Hall–Kier alpha value is -3.06. The molecule has 4 heterocycles. The topological polar surface area (TPSA) is 131 Å². The van der Waals surface area contributed by atoms with Gasteiger partial charge in [-0.3, -0.25) is 0 Å². The number of pyridine rings is 2. The molecule has 0 bridgehead atoms. The minimum atomic E-state index is -1.37. The van der Waals surface area contributed by atoms with Crippen LogP contribution in [-0.2, 0) is 6.54 Å². The van der Waals surface area contributed by atoms with Crippen molar-refractivity contribution in [2.75, 3.05) is 5.32 Å². The Bertz CT molecular complexity index is 1210. The van der Waals surface area contributed by atoms with E-state index in [1.54, 1.807) is 29.3 Å². The summed E-state index contributed by atoms with van der Waals surface area (Å²) in [6, 6.07) is 9.33. The quantitative estimate of drug-likeness (QED) is 0.319. The lowest BCUT2D eigenvalue weighted by Gasteiger charge is -2.21. The number of aryl methyl sites for hydroxylation is 1. The van der Waals surface area contributed by atoms with Gasteiger partial charge in [0.2, 0.25) is 11.0 Å². The smallest absolute Gasteiger partial charge is 0.217 e. The molecule has 10 nitrogen and oxygen atoms in total. The van der Waals surface area contributed by atoms with Crippen LogP contribution in [0.25, 0.3) is 0 Å². The van der Waals surface area contributed by atoms with Crippen LogP contribution in [0.5, 0.6) is 11.6 Å². The Morgan fingerprint density at radius 3 is 2.82 bits per heavy atom. The van der Waals surface area contributed by atoms with E-state index in [9.17, 15) is 10.2 Å². The van der Waals surface area contributed by atoms with Crippen molar-refractivity contribution in [1.82, 2.24) is 29.1 Å². The molecule has 4 aromatic rings. The summed E-state index contributed by atoms with van der Waals surface area (Å²) >= 11 is 2.51. The Balaban J connectivity index is 1.63. The summed E-state index contributed by atoms with van der Waals surface area (Å²) < 4.78 is 12.0. The van der Waals surface area contributed by atoms with Crippen LogP contribution >= 0.6 is 23.3 Å². The van der Waals surface area contributed by atoms with Crippen molar-refractivity contribution in [3.63, 3.8) is 0 Å². The first-order chi connectivity index (χ1) is 15.8. The molecule has 33 heavy (non-hydrogen) atoms. The normalized spacial score (nSPS) is 12.5. The number of aliphatic hydroxyl groups is 2. The van der Waals surface area contributed by atoms with Crippen molar-refractivity contribution < 1.29 is 14.9 Å². The van der Waals surface area contributed by atoms with E-state index in [2.05, 4.69) is 29.7 Å². The second kappa shape index (κ2) is 9.83. The van der Waals surface area contributed by atoms with Gasteiger partial charge in [0.1, 0.15) is 11.1 Å². The molecule has 4 aromatic heterocycles. The minimum absolute atomic E-state index is 0.129. The highest BCUT2D eigenvalue weighted by atomic mass is 32.2. The third-order valence-corrected chi connectivity index (χ3v) is 6.01. The lowest BCUT2D eigenvalue weighted by Crippen LogP contribution is -2.29. The summed E-state index contributed by atoms with van der Waals surface area (Å²) in [6.45, 7) is 5.61. The predicted molar refractivity (Wildman–Crippen MR) is 125 cm³/mol. The van der Waals surface area contributed by atoms with Crippen molar-refractivity contribution in [1.29, 1.82) is 0 Å². The van der Waals surface area contributed by atoms with Crippen molar-refractivity contribution >= 4 is 34.2 Å². The average molecular weight is 486 g/mol. The molecule has 0 aliphatic heterocycles. The zero-order chi connectivity index (χ0) is 23.4. The van der Waals surface area contributed by atoms with Crippen molar-refractivity contribution in [2.24, 2.45) is 0 Å². The number of nitrogens with one attached hydrogen (secondary N) is 1. The molecule has 1 atom stereocenters. The van der Waals surface area contributed by atoms with Crippen molar-refractivity contribution in [3.8, 4) is 11.6 Å². The van der Waals surface area contributed by atoms with Gasteiger partial charge >= 0.3 is 0 Å². The van der Waals surface area contributed by atoms with Crippen LogP contribution in [0.4, 0.5) is 10.9 Å². The van der Waals surface area contributed by atoms with E-state index in [4.69, 9.17) is 4.74 Å². The van der Waals surface area contributed by atoms with E-state index < -0.39 is 11.7 Å². The van der Waals surface area contributed by atoms with Crippen LogP contribution in [0, 0.1) is 0 Å². The van der Waals surface area contributed by atoms with Gasteiger partial charge in [-0.1, -0.05) is 17.8 Å². The number of ether oxygens (including phenoxy) is 1. The molecular weight excluding hydrogens is 462 g/mol. The van der Waals surface area contributed by atoms with Gasteiger partial charge < -0.3 is 20.3 Å². The van der Waals surface area contributed by atoms with E-state index in [0.29, 0.717) is 29.1 Å². The third-order valence-electron chi connectivity index (χ3n) is 4.46. The van der Waals surface area contributed by atoms with Gasteiger partial charge in [-0.2, -0.15) is 9.47 Å². The number of hydrogen-bond donors (Lipinski definition) is 3. The maximum absolute atomic E-state index is 10.2. The zero-order valence-corrected chi connectivity index (χ0v) is 19.8. The fraction of sp³-hybridized carbons (Fsp3) is 0.286. The number of anilines is 2. The van der Waals surface area contributed by atoms with Gasteiger partial charge in [0.25, 0.3) is 0 Å². The zero-order valence-electron chi connectivity index (χ0n) is 18.2. The largest absolute Gasteiger partial charge is 0.435 e. The van der Waals surface area contributed by atoms with Gasteiger partial charge in [0.05, 0.1) is 11.8 Å². The van der Waals surface area contributed by atoms with E-state index in [-0.39, 0.29) is 5.82 Å². The van der Waals surface area contributed by atoms with Gasteiger partial charge in [0.15, 0.2) is 17.4 Å². The molecule has 172 valence electrons. The molecular formula is C21H23N7O3S2. The van der Waals surface area contributed by atoms with Gasteiger partial charge in [-0.25, -0.2) is 19.6 Å². The third kappa shape index (κ3) is 5.66. The average Bonchev–Trinajstić information content (AvgIpc) is 3.44. The minimum Gasteiger partial charge on any atom is -0.435 e. The highest BCUT2D eigenvalue weighted by Crippen LogP contribution is 2.36. The summed E-state index contributed by atoms with van der Waals surface area (Å²) in [7, 11) is 0. The summed E-state index contributed by atoms with van der Waals surface area (Å²) in [5.74, 6) is 1.58. The summed E-state index contributed by atoms with van der Waals surface area (Å²) in [5, 5.41) is 28.9. The van der Waals surface area contributed by atoms with Crippen LogP contribution in [0.3, 0.4) is 0 Å². The molecule has 0 radical (unpaired) electrons. The van der Waals surface area contributed by atoms with E-state index >= 15 is 0 Å². The molecule has 0 amide bonds. The molecule has 0 aromatic carbocycles. The molecule has 0 spiro atoms. The van der Waals surface area contributed by atoms with Crippen LogP contribution in [0.1, 0.15) is 32.7 Å². The first-order valence-electron chi connectivity index (χ1n) is 10.1. The fourth-order valence-corrected chi connectivity index (χ4v) is 4.12. The monoisotopic (exact) mass is 485 g/mol. The standard InChI is InChI=1S/C21H23N7O3S2/c1-4-28-16(8-10-24-28)31-14-11-13(32-15-7-5-6-9-22-15)12-23-18(14)25-20-26-19(27-33-20)17(29)21(2,3)30/h5-12,17,29-30H,4H2,1-3H3,(H,23,25,26,27). The lowest BCUT2D eigenvalue weighted by atomic mass is 10.0. The van der Waals surface area contributed by atoms with Crippen LogP contribution in [0.15, 0.2) is 58.8 Å². The highest BCUT2D eigenvalue weighted by molar-refractivity contribution is 7.99. The lowest BCUT2D eigenvalue weighted by molar-refractivity contribution is -0.0533. The summed E-state index contributed by atoms with van der Waals surface area (Å²) in [5.41, 5.74) is -1.37. The summed E-state index contributed by atoms with van der Waals surface area (Å²) in [6.07, 6.45) is 3.89. The molecule has 0 saturated carbocycles. The Morgan fingerprint density at radius 2 is 2.09 bits per heavy atom. The number of rotatable bonds is 9. The Morgan fingerprint density at radius 1 is 1.24 bits per heavy atom. The van der Waals surface area contributed by atoms with E-state index in [1.807, 2.05) is 31.2 Å². The Kier molecular flexibility index (Phi) is 6.88. The van der Waals surface area contributed by atoms with Crippen LogP contribution in [0.2, 0.25) is 0 Å². The van der Waals surface area contributed by atoms with Crippen molar-refractivity contribution in [3.05, 3.63) is 54.7 Å². The maximum Gasteiger partial charge on any atom is 0.217 e. The molecule has 12 heteroatoms. The molecule has 0 fully saturated rings. The van der Waals surface area contributed by atoms with Crippen LogP contribution in [-0.4, -0.2) is 44.9 Å². The van der Waals surface area contributed by atoms with Gasteiger partial charge in [0, 0.05) is 47.5 Å². The molecule has 4 rings (SSSR count).